The van der Waals surface area contributed by atoms with Crippen LogP contribution in [-0.4, -0.2) is 43.4 Å². The summed E-state index contributed by atoms with van der Waals surface area (Å²) in [6, 6.07) is 1.92. The Kier molecular flexibility index (Phi) is 3.77. The number of pyridine rings is 1. The molecule has 1 atom stereocenters. The first-order valence-corrected chi connectivity index (χ1v) is 7.29. The van der Waals surface area contributed by atoms with Gasteiger partial charge in [-0.25, -0.2) is 0 Å². The second kappa shape index (κ2) is 5.70. The van der Waals surface area contributed by atoms with Gasteiger partial charge in [-0.3, -0.25) is 14.5 Å². The van der Waals surface area contributed by atoms with Crippen LogP contribution >= 0.6 is 15.9 Å². The minimum absolute atomic E-state index is 0.0434. The number of hydrogen-bond acceptors (Lipinski definition) is 4. The standard InChI is InChI=1S/C13H14BrN5O/c14-12-8-15-4-3-11(12)13(20)19-6-1-2-10(19)9-18-7-5-16-17-18/h3-5,7-8,10H,1-2,6,9H2/t10-/m0/s1. The number of hydrogen-bond donors (Lipinski definition) is 0. The van der Waals surface area contributed by atoms with Crippen molar-refractivity contribution in [2.75, 3.05) is 6.54 Å². The highest BCUT2D eigenvalue weighted by Gasteiger charge is 2.30. The maximum absolute atomic E-state index is 12.6. The molecule has 0 saturated carbocycles. The predicted octanol–water partition coefficient (Wildman–Crippen LogP) is 1.74. The molecule has 20 heavy (non-hydrogen) atoms. The number of carbonyl (C=O) groups excluding carboxylic acids is 1. The Bertz CT molecular complexity index is 601. The molecule has 7 heteroatoms. The van der Waals surface area contributed by atoms with Gasteiger partial charge in [0.15, 0.2) is 0 Å². The molecule has 0 radical (unpaired) electrons. The number of likely N-dealkylation sites (tertiary alicyclic amines) is 1. The first kappa shape index (κ1) is 13.2. The van der Waals surface area contributed by atoms with Gasteiger partial charge in [-0.2, -0.15) is 0 Å². The van der Waals surface area contributed by atoms with E-state index in [1.165, 1.54) is 0 Å². The third-order valence-electron chi connectivity index (χ3n) is 3.51. The zero-order valence-corrected chi connectivity index (χ0v) is 12.4. The number of carbonyl (C=O) groups is 1. The molecule has 3 rings (SSSR count). The smallest absolute Gasteiger partial charge is 0.255 e. The van der Waals surface area contributed by atoms with Crippen LogP contribution in [-0.2, 0) is 6.54 Å². The monoisotopic (exact) mass is 335 g/mol. The zero-order valence-electron chi connectivity index (χ0n) is 10.8. The summed E-state index contributed by atoms with van der Waals surface area (Å²) in [5.74, 6) is 0.0434. The van der Waals surface area contributed by atoms with E-state index in [1.807, 2.05) is 11.1 Å². The molecule has 0 unspecified atom stereocenters. The highest BCUT2D eigenvalue weighted by Crippen LogP contribution is 2.24. The molecule has 0 spiro atoms. The Hall–Kier alpha value is -1.76. The molecule has 0 aliphatic carbocycles. The van der Waals surface area contributed by atoms with Crippen molar-refractivity contribution in [2.45, 2.75) is 25.4 Å². The van der Waals surface area contributed by atoms with Gasteiger partial charge in [0, 0.05) is 29.6 Å². The predicted molar refractivity (Wildman–Crippen MR) is 76.0 cm³/mol. The molecule has 0 aromatic carbocycles. The van der Waals surface area contributed by atoms with Gasteiger partial charge in [0.1, 0.15) is 0 Å². The van der Waals surface area contributed by atoms with E-state index in [4.69, 9.17) is 0 Å². The van der Waals surface area contributed by atoms with E-state index in [1.54, 1.807) is 29.3 Å². The topological polar surface area (TPSA) is 63.9 Å². The van der Waals surface area contributed by atoms with E-state index < -0.39 is 0 Å². The van der Waals surface area contributed by atoms with Crippen LogP contribution in [0.2, 0.25) is 0 Å². The number of amides is 1. The Morgan fingerprint density at radius 3 is 3.10 bits per heavy atom. The lowest BCUT2D eigenvalue weighted by Crippen LogP contribution is -2.38. The Labute approximate surface area is 124 Å². The number of aromatic nitrogens is 4. The zero-order chi connectivity index (χ0) is 13.9. The van der Waals surface area contributed by atoms with Crippen molar-refractivity contribution < 1.29 is 4.79 Å². The van der Waals surface area contributed by atoms with Crippen LogP contribution in [0.3, 0.4) is 0 Å². The summed E-state index contributed by atoms with van der Waals surface area (Å²) < 4.78 is 2.51. The average molecular weight is 336 g/mol. The molecule has 0 bridgehead atoms. The quantitative estimate of drug-likeness (QED) is 0.857. The minimum Gasteiger partial charge on any atom is -0.334 e. The SMILES string of the molecule is O=C(c1ccncc1Br)N1CCC[C@H]1Cn1ccnn1. The lowest BCUT2D eigenvalue weighted by molar-refractivity contribution is 0.0720. The van der Waals surface area contributed by atoms with Crippen LogP contribution in [0.1, 0.15) is 23.2 Å². The van der Waals surface area contributed by atoms with Crippen molar-refractivity contribution in [2.24, 2.45) is 0 Å². The first-order valence-electron chi connectivity index (χ1n) is 6.50. The fourth-order valence-electron chi connectivity index (χ4n) is 2.54. The van der Waals surface area contributed by atoms with Crippen LogP contribution in [0.5, 0.6) is 0 Å². The fourth-order valence-corrected chi connectivity index (χ4v) is 2.96. The van der Waals surface area contributed by atoms with Crippen LogP contribution in [0, 0.1) is 0 Å². The van der Waals surface area contributed by atoms with Gasteiger partial charge in [0.2, 0.25) is 0 Å². The first-order chi connectivity index (χ1) is 9.75. The molecule has 1 saturated heterocycles. The lowest BCUT2D eigenvalue weighted by atomic mass is 10.2. The van der Waals surface area contributed by atoms with Crippen molar-refractivity contribution in [3.63, 3.8) is 0 Å². The van der Waals surface area contributed by atoms with Gasteiger partial charge >= 0.3 is 0 Å². The average Bonchev–Trinajstić information content (AvgIpc) is 3.11. The van der Waals surface area contributed by atoms with Gasteiger partial charge in [0.05, 0.1) is 24.3 Å². The van der Waals surface area contributed by atoms with E-state index in [0.717, 1.165) is 23.9 Å². The maximum Gasteiger partial charge on any atom is 0.255 e. The largest absolute Gasteiger partial charge is 0.334 e. The molecule has 2 aromatic rings. The van der Waals surface area contributed by atoms with E-state index in [-0.39, 0.29) is 11.9 Å². The number of halogens is 1. The summed E-state index contributed by atoms with van der Waals surface area (Å²) in [6.07, 6.45) is 8.78. The van der Waals surface area contributed by atoms with Gasteiger partial charge < -0.3 is 4.90 Å². The summed E-state index contributed by atoms with van der Waals surface area (Å²) in [7, 11) is 0. The van der Waals surface area contributed by atoms with Gasteiger partial charge in [-0.1, -0.05) is 5.21 Å². The van der Waals surface area contributed by atoms with Crippen molar-refractivity contribution >= 4 is 21.8 Å². The second-order valence-electron chi connectivity index (χ2n) is 4.78. The fraction of sp³-hybridized carbons (Fsp3) is 0.385. The molecule has 2 aromatic heterocycles. The summed E-state index contributed by atoms with van der Waals surface area (Å²) in [6.45, 7) is 1.47. The van der Waals surface area contributed by atoms with E-state index in [0.29, 0.717) is 12.1 Å². The van der Waals surface area contributed by atoms with Crippen molar-refractivity contribution in [3.8, 4) is 0 Å². The summed E-state index contributed by atoms with van der Waals surface area (Å²) in [5.41, 5.74) is 0.658. The molecule has 0 N–H and O–H groups in total. The van der Waals surface area contributed by atoms with Gasteiger partial charge in [-0.15, -0.1) is 5.10 Å². The molecule has 3 heterocycles. The van der Waals surface area contributed by atoms with Crippen LogP contribution in [0.4, 0.5) is 0 Å². The summed E-state index contributed by atoms with van der Waals surface area (Å²) in [5, 5.41) is 7.77. The third kappa shape index (κ3) is 2.58. The Morgan fingerprint density at radius 2 is 2.35 bits per heavy atom. The van der Waals surface area contributed by atoms with Crippen LogP contribution < -0.4 is 0 Å². The van der Waals surface area contributed by atoms with Crippen molar-refractivity contribution in [1.29, 1.82) is 0 Å². The van der Waals surface area contributed by atoms with E-state index in [9.17, 15) is 4.79 Å². The molecular formula is C13H14BrN5O. The normalized spacial score (nSPS) is 18.4. The molecule has 6 nitrogen and oxygen atoms in total. The van der Waals surface area contributed by atoms with Gasteiger partial charge in [-0.05, 0) is 34.8 Å². The van der Waals surface area contributed by atoms with E-state index in [2.05, 4.69) is 31.2 Å². The highest BCUT2D eigenvalue weighted by molar-refractivity contribution is 9.10. The molecule has 1 amide bonds. The molecule has 1 aliphatic rings. The molecule has 104 valence electrons. The van der Waals surface area contributed by atoms with Crippen LogP contribution in [0.15, 0.2) is 35.3 Å². The van der Waals surface area contributed by atoms with E-state index >= 15 is 0 Å². The molecular weight excluding hydrogens is 322 g/mol. The number of rotatable bonds is 3. The maximum atomic E-state index is 12.6. The Morgan fingerprint density at radius 1 is 1.45 bits per heavy atom. The molecule has 1 aliphatic heterocycles. The third-order valence-corrected chi connectivity index (χ3v) is 4.14. The number of nitrogens with zero attached hydrogens (tertiary/aromatic N) is 5. The van der Waals surface area contributed by atoms with Crippen LogP contribution in [0.25, 0.3) is 0 Å². The van der Waals surface area contributed by atoms with Gasteiger partial charge in [0.25, 0.3) is 5.91 Å². The van der Waals surface area contributed by atoms with Crippen molar-refractivity contribution in [3.05, 3.63) is 40.9 Å². The second-order valence-corrected chi connectivity index (χ2v) is 5.63. The van der Waals surface area contributed by atoms with Crippen molar-refractivity contribution in [1.82, 2.24) is 24.9 Å². The summed E-state index contributed by atoms with van der Waals surface area (Å²) in [4.78, 5) is 18.5. The highest BCUT2D eigenvalue weighted by atomic mass is 79.9. The summed E-state index contributed by atoms with van der Waals surface area (Å²) >= 11 is 3.39. The minimum atomic E-state index is 0.0434. The molecule has 1 fully saturated rings. The lowest BCUT2D eigenvalue weighted by Gasteiger charge is -2.25. The Balaban J connectivity index is 1.78.